The number of amides is 1. The molecule has 1 amide bonds. The van der Waals surface area contributed by atoms with E-state index in [0.29, 0.717) is 18.2 Å². The third-order valence-electron chi connectivity index (χ3n) is 3.79. The van der Waals surface area contributed by atoms with Crippen molar-refractivity contribution in [3.8, 4) is 0 Å². The smallest absolute Gasteiger partial charge is 0.254 e. The highest BCUT2D eigenvalue weighted by molar-refractivity contribution is 5.94. The Kier molecular flexibility index (Phi) is 6.60. The average Bonchev–Trinajstić information content (AvgIpc) is 3.01. The third kappa shape index (κ3) is 5.08. The van der Waals surface area contributed by atoms with Crippen LogP contribution in [0.3, 0.4) is 0 Å². The number of rotatable bonds is 8. The lowest BCUT2D eigenvalue weighted by molar-refractivity contribution is 0.0945. The Hall–Kier alpha value is -1.49. The van der Waals surface area contributed by atoms with Gasteiger partial charge in [-0.15, -0.1) is 0 Å². The number of ether oxygens (including phenoxy) is 1. The Morgan fingerprint density at radius 1 is 1.48 bits per heavy atom. The summed E-state index contributed by atoms with van der Waals surface area (Å²) in [7, 11) is 0. The molecule has 5 heteroatoms. The van der Waals surface area contributed by atoms with Crippen LogP contribution in [0, 0.1) is 0 Å². The second kappa shape index (κ2) is 8.72. The molecule has 0 spiro atoms. The number of hydrogen-bond donors (Lipinski definition) is 1. The van der Waals surface area contributed by atoms with Crippen molar-refractivity contribution in [3.05, 3.63) is 23.8 Å². The molecule has 1 aliphatic heterocycles. The first kappa shape index (κ1) is 15.9. The molecule has 2 heterocycles. The average molecular weight is 291 g/mol. The van der Waals surface area contributed by atoms with Crippen LogP contribution in [-0.4, -0.2) is 35.1 Å². The normalized spacial score (nSPS) is 17.9. The molecule has 5 nitrogen and oxygen atoms in total. The predicted molar refractivity (Wildman–Crippen MR) is 81.2 cm³/mol. The third-order valence-corrected chi connectivity index (χ3v) is 3.79. The van der Waals surface area contributed by atoms with Gasteiger partial charge in [-0.05, 0) is 38.5 Å². The summed E-state index contributed by atoms with van der Waals surface area (Å²) in [5.74, 6) is -0.0591. The molecule has 1 N–H and O–H groups in total. The molecule has 2 rings (SSSR count). The van der Waals surface area contributed by atoms with E-state index in [0.717, 1.165) is 44.4 Å². The number of carbonyl (C=O) groups is 1. The molecule has 0 bridgehead atoms. The summed E-state index contributed by atoms with van der Waals surface area (Å²) in [4.78, 5) is 20.3. The van der Waals surface area contributed by atoms with Crippen molar-refractivity contribution in [2.24, 2.45) is 0 Å². The van der Waals surface area contributed by atoms with Crippen LogP contribution in [-0.2, 0) is 11.2 Å². The van der Waals surface area contributed by atoms with Gasteiger partial charge in [0.05, 0.1) is 17.4 Å². The van der Waals surface area contributed by atoms with Crippen molar-refractivity contribution in [1.29, 1.82) is 0 Å². The summed E-state index contributed by atoms with van der Waals surface area (Å²) < 4.78 is 5.59. The van der Waals surface area contributed by atoms with Crippen LogP contribution in [0.5, 0.6) is 0 Å². The molecule has 0 unspecified atom stereocenters. The molecule has 1 aliphatic rings. The maximum atomic E-state index is 12.1. The molecule has 0 saturated carbocycles. The first-order chi connectivity index (χ1) is 10.3. The Morgan fingerprint density at radius 3 is 3.14 bits per heavy atom. The van der Waals surface area contributed by atoms with Crippen LogP contribution in [0.15, 0.2) is 12.5 Å². The Bertz CT molecular complexity index is 445. The van der Waals surface area contributed by atoms with E-state index in [4.69, 9.17) is 4.74 Å². The number of unbranched alkanes of at least 4 members (excludes halogenated alkanes) is 1. The molecular weight excluding hydrogens is 266 g/mol. The maximum Gasteiger partial charge on any atom is 0.254 e. The van der Waals surface area contributed by atoms with Gasteiger partial charge in [-0.2, -0.15) is 0 Å². The summed E-state index contributed by atoms with van der Waals surface area (Å²) in [5, 5.41) is 2.96. The van der Waals surface area contributed by atoms with Gasteiger partial charge in [0.1, 0.15) is 6.33 Å². The molecule has 1 fully saturated rings. The molecular formula is C16H25N3O2. The van der Waals surface area contributed by atoms with Gasteiger partial charge in [0, 0.05) is 19.3 Å². The SMILES string of the molecule is CCCc1ncncc1C(=O)NCCCC[C@H]1CCCO1. The zero-order chi connectivity index (χ0) is 14.9. The van der Waals surface area contributed by atoms with Crippen molar-refractivity contribution >= 4 is 5.91 Å². The quantitative estimate of drug-likeness (QED) is 0.747. The molecule has 21 heavy (non-hydrogen) atoms. The van der Waals surface area contributed by atoms with Crippen molar-refractivity contribution in [2.75, 3.05) is 13.2 Å². The highest BCUT2D eigenvalue weighted by Gasteiger charge is 2.15. The van der Waals surface area contributed by atoms with Gasteiger partial charge in [-0.3, -0.25) is 4.79 Å². The van der Waals surface area contributed by atoms with Crippen LogP contribution < -0.4 is 5.32 Å². The van der Waals surface area contributed by atoms with Crippen LogP contribution in [0.4, 0.5) is 0 Å². The van der Waals surface area contributed by atoms with Gasteiger partial charge in [-0.25, -0.2) is 9.97 Å². The number of aromatic nitrogens is 2. The molecule has 116 valence electrons. The lowest BCUT2D eigenvalue weighted by atomic mass is 10.1. The van der Waals surface area contributed by atoms with E-state index in [2.05, 4.69) is 22.2 Å². The highest BCUT2D eigenvalue weighted by atomic mass is 16.5. The molecule has 1 saturated heterocycles. The van der Waals surface area contributed by atoms with Gasteiger partial charge >= 0.3 is 0 Å². The summed E-state index contributed by atoms with van der Waals surface area (Å²) in [6, 6.07) is 0. The molecule has 1 aromatic heterocycles. The predicted octanol–water partition coefficient (Wildman–Crippen LogP) is 2.51. The first-order valence-corrected chi connectivity index (χ1v) is 8.00. The summed E-state index contributed by atoms with van der Waals surface area (Å²) in [6.45, 7) is 3.69. The van der Waals surface area contributed by atoms with Crippen molar-refractivity contribution in [3.63, 3.8) is 0 Å². The first-order valence-electron chi connectivity index (χ1n) is 8.00. The van der Waals surface area contributed by atoms with Crippen LogP contribution in [0.1, 0.15) is 61.5 Å². The van der Waals surface area contributed by atoms with Crippen LogP contribution >= 0.6 is 0 Å². The Labute approximate surface area is 126 Å². The maximum absolute atomic E-state index is 12.1. The number of nitrogens with zero attached hydrogens (tertiary/aromatic N) is 2. The number of nitrogens with one attached hydrogen (secondary N) is 1. The zero-order valence-corrected chi connectivity index (χ0v) is 12.8. The number of carbonyl (C=O) groups excluding carboxylic acids is 1. The standard InChI is InChI=1S/C16H25N3O2/c1-2-6-15-14(11-17-12-19-15)16(20)18-9-4-3-7-13-8-5-10-21-13/h11-13H,2-10H2,1H3,(H,18,20)/t13-/m0/s1. The van der Waals surface area contributed by atoms with E-state index in [9.17, 15) is 4.79 Å². The number of aryl methyl sites for hydroxylation is 1. The minimum atomic E-state index is -0.0591. The second-order valence-electron chi connectivity index (χ2n) is 5.52. The molecule has 0 radical (unpaired) electrons. The molecule has 0 aromatic carbocycles. The Balaban J connectivity index is 1.69. The van der Waals surface area contributed by atoms with E-state index >= 15 is 0 Å². The Morgan fingerprint density at radius 2 is 2.38 bits per heavy atom. The minimum absolute atomic E-state index is 0.0591. The van der Waals surface area contributed by atoms with Gasteiger partial charge in [0.25, 0.3) is 5.91 Å². The zero-order valence-electron chi connectivity index (χ0n) is 12.8. The van der Waals surface area contributed by atoms with Crippen LogP contribution in [0.25, 0.3) is 0 Å². The lowest BCUT2D eigenvalue weighted by Crippen LogP contribution is -2.26. The van der Waals surface area contributed by atoms with Gasteiger partial charge < -0.3 is 10.1 Å². The second-order valence-corrected chi connectivity index (χ2v) is 5.52. The van der Waals surface area contributed by atoms with Crippen molar-refractivity contribution in [2.45, 2.75) is 58.0 Å². The molecule has 1 aromatic rings. The van der Waals surface area contributed by atoms with E-state index in [-0.39, 0.29) is 5.91 Å². The summed E-state index contributed by atoms with van der Waals surface area (Å²) >= 11 is 0. The van der Waals surface area contributed by atoms with E-state index < -0.39 is 0 Å². The monoisotopic (exact) mass is 291 g/mol. The van der Waals surface area contributed by atoms with Gasteiger partial charge in [0.15, 0.2) is 0 Å². The highest BCUT2D eigenvalue weighted by Crippen LogP contribution is 2.17. The number of hydrogen-bond acceptors (Lipinski definition) is 4. The fourth-order valence-electron chi connectivity index (χ4n) is 2.65. The van der Waals surface area contributed by atoms with Crippen LogP contribution in [0.2, 0.25) is 0 Å². The van der Waals surface area contributed by atoms with E-state index in [1.807, 2.05) is 0 Å². The molecule has 1 atom stereocenters. The molecule has 0 aliphatic carbocycles. The fraction of sp³-hybridized carbons (Fsp3) is 0.688. The minimum Gasteiger partial charge on any atom is -0.378 e. The lowest BCUT2D eigenvalue weighted by Gasteiger charge is -2.10. The largest absolute Gasteiger partial charge is 0.378 e. The van der Waals surface area contributed by atoms with Crippen molar-refractivity contribution in [1.82, 2.24) is 15.3 Å². The topological polar surface area (TPSA) is 64.1 Å². The summed E-state index contributed by atoms with van der Waals surface area (Å²) in [6.07, 6.45) is 10.9. The fourth-order valence-corrected chi connectivity index (χ4v) is 2.65. The van der Waals surface area contributed by atoms with Gasteiger partial charge in [0.2, 0.25) is 0 Å². The summed E-state index contributed by atoms with van der Waals surface area (Å²) in [5.41, 5.74) is 1.45. The van der Waals surface area contributed by atoms with Crippen molar-refractivity contribution < 1.29 is 9.53 Å². The van der Waals surface area contributed by atoms with Gasteiger partial charge in [-0.1, -0.05) is 13.3 Å². The van der Waals surface area contributed by atoms with E-state index in [1.165, 1.54) is 19.2 Å². The van der Waals surface area contributed by atoms with E-state index in [1.54, 1.807) is 6.20 Å².